The van der Waals surface area contributed by atoms with Gasteiger partial charge in [0.15, 0.2) is 0 Å². The van der Waals surface area contributed by atoms with Crippen LogP contribution in [-0.4, -0.2) is 66.7 Å². The van der Waals surface area contributed by atoms with Gasteiger partial charge in [-0.25, -0.2) is 8.42 Å². The van der Waals surface area contributed by atoms with E-state index < -0.39 is 10.0 Å². The standard InChI is InChI=1S/C18H30N2O4S/c21-17-8-10-19(11-9-17)18(22)6-3-13-25(23,24)20-12-7-15-4-1-2-5-16(15)14-20/h5,15,17,21H,1-4,6-14H2. The molecule has 25 heavy (non-hydrogen) atoms. The van der Waals surface area contributed by atoms with Crippen molar-refractivity contribution in [2.75, 3.05) is 31.9 Å². The maximum Gasteiger partial charge on any atom is 0.222 e. The first-order chi connectivity index (χ1) is 12.0. The molecule has 0 spiro atoms. The highest BCUT2D eigenvalue weighted by molar-refractivity contribution is 7.89. The van der Waals surface area contributed by atoms with Crippen LogP contribution in [0.2, 0.25) is 0 Å². The van der Waals surface area contributed by atoms with Gasteiger partial charge in [0.1, 0.15) is 0 Å². The van der Waals surface area contributed by atoms with Gasteiger partial charge in [-0.2, -0.15) is 4.31 Å². The summed E-state index contributed by atoms with van der Waals surface area (Å²) in [6.07, 6.45) is 8.22. The summed E-state index contributed by atoms with van der Waals surface area (Å²) in [5.74, 6) is 0.639. The van der Waals surface area contributed by atoms with Crippen molar-refractivity contribution in [3.05, 3.63) is 11.6 Å². The second-order valence-electron chi connectivity index (χ2n) is 7.56. The van der Waals surface area contributed by atoms with Crippen LogP contribution < -0.4 is 0 Å². The third kappa shape index (κ3) is 4.83. The summed E-state index contributed by atoms with van der Waals surface area (Å²) in [6, 6.07) is 0. The molecule has 142 valence electrons. The molecule has 0 aromatic rings. The van der Waals surface area contributed by atoms with Crippen molar-refractivity contribution in [2.24, 2.45) is 5.92 Å². The summed E-state index contributed by atoms with van der Waals surface area (Å²) in [6.45, 7) is 2.32. The number of hydrogen-bond donors (Lipinski definition) is 1. The molecule has 3 rings (SSSR count). The molecule has 0 bridgehead atoms. The van der Waals surface area contributed by atoms with E-state index >= 15 is 0 Å². The number of amides is 1. The zero-order valence-electron chi connectivity index (χ0n) is 14.9. The fraction of sp³-hybridized carbons (Fsp3) is 0.833. The Bertz CT molecular complexity index is 609. The SMILES string of the molecule is O=C(CCCS(=O)(=O)N1CCC2CCCC=C2C1)N1CCC(O)CC1. The monoisotopic (exact) mass is 370 g/mol. The van der Waals surface area contributed by atoms with Gasteiger partial charge in [-0.15, -0.1) is 0 Å². The lowest BCUT2D eigenvalue weighted by Gasteiger charge is -2.35. The van der Waals surface area contributed by atoms with Gasteiger partial charge in [0.25, 0.3) is 0 Å². The highest BCUT2D eigenvalue weighted by Gasteiger charge is 2.31. The van der Waals surface area contributed by atoms with Gasteiger partial charge < -0.3 is 10.0 Å². The quantitative estimate of drug-likeness (QED) is 0.744. The summed E-state index contributed by atoms with van der Waals surface area (Å²) in [4.78, 5) is 13.9. The van der Waals surface area contributed by atoms with Gasteiger partial charge in [-0.1, -0.05) is 11.6 Å². The first-order valence-electron chi connectivity index (χ1n) is 9.58. The lowest BCUT2D eigenvalue weighted by atomic mass is 9.83. The van der Waals surface area contributed by atoms with Gasteiger partial charge in [-0.3, -0.25) is 4.79 Å². The number of allylic oxidation sites excluding steroid dienone is 1. The summed E-state index contributed by atoms with van der Waals surface area (Å²) < 4.78 is 26.8. The number of aliphatic hydroxyl groups is 1. The van der Waals surface area contributed by atoms with Crippen LogP contribution in [0.3, 0.4) is 0 Å². The molecule has 0 aromatic carbocycles. The van der Waals surface area contributed by atoms with Crippen molar-refractivity contribution >= 4 is 15.9 Å². The number of nitrogens with zero attached hydrogens (tertiary/aromatic N) is 2. The molecule has 0 radical (unpaired) electrons. The number of carbonyl (C=O) groups is 1. The average Bonchev–Trinajstić information content (AvgIpc) is 2.61. The van der Waals surface area contributed by atoms with Crippen LogP contribution >= 0.6 is 0 Å². The van der Waals surface area contributed by atoms with Crippen LogP contribution in [-0.2, 0) is 14.8 Å². The number of rotatable bonds is 5. The number of carbonyl (C=O) groups excluding carboxylic acids is 1. The highest BCUT2D eigenvalue weighted by atomic mass is 32.2. The Morgan fingerprint density at radius 3 is 2.68 bits per heavy atom. The first-order valence-corrected chi connectivity index (χ1v) is 11.2. The highest BCUT2D eigenvalue weighted by Crippen LogP contribution is 2.33. The molecular formula is C18H30N2O4S. The number of piperidine rings is 2. The fourth-order valence-corrected chi connectivity index (χ4v) is 5.65. The predicted molar refractivity (Wildman–Crippen MR) is 96.5 cm³/mol. The number of hydrogen-bond acceptors (Lipinski definition) is 4. The molecule has 3 aliphatic rings. The minimum Gasteiger partial charge on any atom is -0.393 e. The molecule has 2 saturated heterocycles. The molecule has 1 aliphatic carbocycles. The molecule has 2 fully saturated rings. The van der Waals surface area contributed by atoms with Crippen molar-refractivity contribution in [1.29, 1.82) is 0 Å². The molecule has 0 aromatic heterocycles. The molecule has 0 saturated carbocycles. The van der Waals surface area contributed by atoms with Crippen LogP contribution in [0.25, 0.3) is 0 Å². The number of likely N-dealkylation sites (tertiary alicyclic amines) is 1. The molecule has 1 N–H and O–H groups in total. The number of sulfonamides is 1. The molecular weight excluding hydrogens is 340 g/mol. The maximum absolute atomic E-state index is 12.6. The summed E-state index contributed by atoms with van der Waals surface area (Å²) in [5.41, 5.74) is 1.30. The van der Waals surface area contributed by atoms with Gasteiger partial charge in [-0.05, 0) is 50.9 Å². The zero-order chi connectivity index (χ0) is 17.9. The van der Waals surface area contributed by atoms with Gasteiger partial charge in [0.2, 0.25) is 15.9 Å². The van der Waals surface area contributed by atoms with E-state index in [0.29, 0.717) is 51.4 Å². The Labute approximate surface area is 150 Å². The van der Waals surface area contributed by atoms with Crippen molar-refractivity contribution < 1.29 is 18.3 Å². The Morgan fingerprint density at radius 2 is 1.92 bits per heavy atom. The minimum atomic E-state index is -3.29. The van der Waals surface area contributed by atoms with Gasteiger partial charge in [0.05, 0.1) is 11.9 Å². The molecule has 2 aliphatic heterocycles. The summed E-state index contributed by atoms with van der Waals surface area (Å²) >= 11 is 0. The lowest BCUT2D eigenvalue weighted by molar-refractivity contribution is -0.133. The topological polar surface area (TPSA) is 77.9 Å². The van der Waals surface area contributed by atoms with Crippen molar-refractivity contribution in [2.45, 2.75) is 57.5 Å². The molecule has 1 unspecified atom stereocenters. The lowest BCUT2D eigenvalue weighted by Crippen LogP contribution is -2.42. The molecule has 1 atom stereocenters. The van der Waals surface area contributed by atoms with Crippen LogP contribution in [0.4, 0.5) is 0 Å². The van der Waals surface area contributed by atoms with Crippen molar-refractivity contribution in [1.82, 2.24) is 9.21 Å². The van der Waals surface area contributed by atoms with Gasteiger partial charge in [0, 0.05) is 32.6 Å². The van der Waals surface area contributed by atoms with E-state index in [2.05, 4.69) is 6.08 Å². The maximum atomic E-state index is 12.6. The molecule has 7 heteroatoms. The van der Waals surface area contributed by atoms with Crippen LogP contribution in [0.15, 0.2) is 11.6 Å². The van der Waals surface area contributed by atoms with E-state index in [1.807, 2.05) is 0 Å². The Kier molecular flexibility index (Phi) is 6.17. The van der Waals surface area contributed by atoms with E-state index in [9.17, 15) is 18.3 Å². The largest absolute Gasteiger partial charge is 0.393 e. The normalized spacial score (nSPS) is 26.2. The van der Waals surface area contributed by atoms with E-state index in [-0.39, 0.29) is 24.2 Å². The van der Waals surface area contributed by atoms with E-state index in [0.717, 1.165) is 12.8 Å². The number of aliphatic hydroxyl groups excluding tert-OH is 1. The predicted octanol–water partition coefficient (Wildman–Crippen LogP) is 1.51. The second-order valence-corrected chi connectivity index (χ2v) is 9.65. The van der Waals surface area contributed by atoms with Gasteiger partial charge >= 0.3 is 0 Å². The minimum absolute atomic E-state index is 0.01000. The first kappa shape index (κ1) is 18.9. The Hall–Kier alpha value is -0.920. The average molecular weight is 371 g/mol. The van der Waals surface area contributed by atoms with E-state index in [1.54, 1.807) is 9.21 Å². The smallest absolute Gasteiger partial charge is 0.222 e. The zero-order valence-corrected chi connectivity index (χ0v) is 15.7. The Balaban J connectivity index is 1.45. The molecule has 1 amide bonds. The number of fused-ring (bicyclic) bond motifs is 1. The molecule has 6 nitrogen and oxygen atoms in total. The van der Waals surface area contributed by atoms with E-state index in [1.165, 1.54) is 18.4 Å². The summed E-state index contributed by atoms with van der Waals surface area (Å²) in [7, 11) is -3.29. The van der Waals surface area contributed by atoms with Crippen molar-refractivity contribution in [3.8, 4) is 0 Å². The Morgan fingerprint density at radius 1 is 1.16 bits per heavy atom. The van der Waals surface area contributed by atoms with Crippen LogP contribution in [0, 0.1) is 5.92 Å². The van der Waals surface area contributed by atoms with E-state index in [4.69, 9.17) is 0 Å². The molecule has 2 heterocycles. The van der Waals surface area contributed by atoms with Crippen LogP contribution in [0.1, 0.15) is 51.4 Å². The summed E-state index contributed by atoms with van der Waals surface area (Å²) in [5, 5.41) is 9.49. The van der Waals surface area contributed by atoms with Crippen LogP contribution in [0.5, 0.6) is 0 Å². The van der Waals surface area contributed by atoms with Crippen molar-refractivity contribution in [3.63, 3.8) is 0 Å². The fourth-order valence-electron chi connectivity index (χ4n) is 4.16. The third-order valence-corrected chi connectivity index (χ3v) is 7.68. The third-order valence-electron chi connectivity index (χ3n) is 5.78. The second kappa shape index (κ2) is 8.18.